The van der Waals surface area contributed by atoms with E-state index in [0.29, 0.717) is 5.75 Å². The third kappa shape index (κ3) is 4.79. The molecule has 0 unspecified atom stereocenters. The van der Waals surface area contributed by atoms with E-state index in [-0.39, 0.29) is 17.4 Å². The number of carbonyl (C=O) groups is 2. The molecule has 0 spiro atoms. The van der Waals surface area contributed by atoms with Crippen molar-refractivity contribution in [1.29, 1.82) is 0 Å². The predicted molar refractivity (Wildman–Crippen MR) is 89.4 cm³/mol. The molecular formula is C16H18N4O2S. The summed E-state index contributed by atoms with van der Waals surface area (Å²) < 4.78 is 0. The summed E-state index contributed by atoms with van der Waals surface area (Å²) in [5, 5.41) is 2.80. The summed E-state index contributed by atoms with van der Waals surface area (Å²) in [5.74, 6) is -0.533. The molecule has 2 rings (SSSR count). The van der Waals surface area contributed by atoms with E-state index >= 15 is 0 Å². The maximum Gasteiger partial charge on any atom is 0.272 e. The maximum atomic E-state index is 12.2. The van der Waals surface area contributed by atoms with Crippen molar-refractivity contribution in [3.8, 4) is 0 Å². The largest absolute Gasteiger partial charge is 0.364 e. The Balaban J connectivity index is 1.95. The van der Waals surface area contributed by atoms with Crippen molar-refractivity contribution in [3.05, 3.63) is 53.6 Å². The second kappa shape index (κ2) is 7.73. The van der Waals surface area contributed by atoms with Crippen molar-refractivity contribution in [3.63, 3.8) is 0 Å². The third-order valence-electron chi connectivity index (χ3n) is 3.05. The van der Waals surface area contributed by atoms with Crippen LogP contribution in [0.3, 0.4) is 0 Å². The molecule has 2 amide bonds. The Morgan fingerprint density at radius 1 is 1.17 bits per heavy atom. The van der Waals surface area contributed by atoms with Gasteiger partial charge in [0.2, 0.25) is 0 Å². The number of amides is 2. The number of aryl methyl sites for hydroxylation is 1. The first-order valence-electron chi connectivity index (χ1n) is 7.08. The first-order valence-corrected chi connectivity index (χ1v) is 8.07. The first-order chi connectivity index (χ1) is 11.0. The van der Waals surface area contributed by atoms with Gasteiger partial charge in [-0.25, -0.2) is 9.97 Å². The lowest BCUT2D eigenvalue weighted by Crippen LogP contribution is -2.36. The molecular weight excluding hydrogens is 312 g/mol. The average molecular weight is 330 g/mol. The van der Waals surface area contributed by atoms with Gasteiger partial charge in [-0.15, -0.1) is 11.8 Å². The minimum absolute atomic E-state index is 0.0489. The Hall–Kier alpha value is -2.41. The number of aromatic nitrogens is 2. The molecule has 1 atom stereocenters. The summed E-state index contributed by atoms with van der Waals surface area (Å²) in [4.78, 5) is 32.3. The topological polar surface area (TPSA) is 98.0 Å². The Morgan fingerprint density at radius 2 is 1.78 bits per heavy atom. The number of nitrogens with one attached hydrogen (secondary N) is 1. The number of thioether (sulfide) groups is 1. The fourth-order valence-electron chi connectivity index (χ4n) is 1.87. The number of hydrogen-bond acceptors (Lipinski definition) is 5. The van der Waals surface area contributed by atoms with Gasteiger partial charge in [-0.05, 0) is 26.0 Å². The monoisotopic (exact) mass is 330 g/mol. The van der Waals surface area contributed by atoms with Gasteiger partial charge in [0, 0.05) is 29.1 Å². The van der Waals surface area contributed by atoms with Crippen LogP contribution in [-0.2, 0) is 0 Å². The molecule has 0 aliphatic rings. The highest BCUT2D eigenvalue weighted by atomic mass is 32.2. The molecule has 2 aromatic rings. The van der Waals surface area contributed by atoms with Crippen LogP contribution in [0.1, 0.15) is 33.5 Å². The molecule has 0 bridgehead atoms. The van der Waals surface area contributed by atoms with Gasteiger partial charge in [0.15, 0.2) is 11.4 Å². The lowest BCUT2D eigenvalue weighted by atomic mass is 10.2. The number of benzene rings is 1. The quantitative estimate of drug-likeness (QED) is 0.787. The van der Waals surface area contributed by atoms with Crippen LogP contribution in [0.4, 0.5) is 0 Å². The van der Waals surface area contributed by atoms with Gasteiger partial charge in [0.05, 0.1) is 0 Å². The van der Waals surface area contributed by atoms with E-state index in [1.807, 2.05) is 38.1 Å². The van der Waals surface area contributed by atoms with Crippen LogP contribution < -0.4 is 11.1 Å². The van der Waals surface area contributed by atoms with Crippen LogP contribution in [0.2, 0.25) is 0 Å². The molecule has 0 saturated heterocycles. The molecule has 0 saturated carbocycles. The molecule has 6 nitrogen and oxygen atoms in total. The number of nitrogens with two attached hydrogens (primary N) is 1. The highest BCUT2D eigenvalue weighted by Crippen LogP contribution is 2.19. The second-order valence-corrected chi connectivity index (χ2v) is 6.21. The Labute approximate surface area is 138 Å². The van der Waals surface area contributed by atoms with E-state index in [9.17, 15) is 9.59 Å². The van der Waals surface area contributed by atoms with E-state index in [4.69, 9.17) is 5.73 Å². The summed E-state index contributed by atoms with van der Waals surface area (Å²) in [5.41, 5.74) is 6.24. The lowest BCUT2D eigenvalue weighted by molar-refractivity contribution is 0.0920. The van der Waals surface area contributed by atoms with Gasteiger partial charge in [0.25, 0.3) is 11.8 Å². The molecule has 0 aliphatic carbocycles. The fourth-order valence-corrected chi connectivity index (χ4v) is 2.73. The molecule has 1 heterocycles. The number of carbonyl (C=O) groups excluding carboxylic acids is 2. The van der Waals surface area contributed by atoms with Crippen LogP contribution in [0, 0.1) is 6.92 Å². The Morgan fingerprint density at radius 3 is 2.39 bits per heavy atom. The fraction of sp³-hybridized carbons (Fsp3) is 0.250. The van der Waals surface area contributed by atoms with Crippen molar-refractivity contribution in [2.24, 2.45) is 5.73 Å². The molecule has 3 N–H and O–H groups in total. The van der Waals surface area contributed by atoms with Crippen LogP contribution in [0.25, 0.3) is 0 Å². The van der Waals surface area contributed by atoms with Gasteiger partial charge in [-0.3, -0.25) is 9.59 Å². The molecule has 0 fully saturated rings. The van der Waals surface area contributed by atoms with E-state index in [1.54, 1.807) is 11.8 Å². The molecule has 23 heavy (non-hydrogen) atoms. The molecule has 1 aromatic heterocycles. The summed E-state index contributed by atoms with van der Waals surface area (Å²) in [6, 6.07) is 8.08. The highest BCUT2D eigenvalue weighted by Gasteiger charge is 2.19. The zero-order valence-corrected chi connectivity index (χ0v) is 13.8. The van der Waals surface area contributed by atoms with Crippen LogP contribution in [0.5, 0.6) is 0 Å². The summed E-state index contributed by atoms with van der Waals surface area (Å²) in [6.45, 7) is 3.92. The molecule has 1 aromatic carbocycles. The minimum Gasteiger partial charge on any atom is -0.364 e. The maximum absolute atomic E-state index is 12.2. The first kappa shape index (κ1) is 17.0. The van der Waals surface area contributed by atoms with Gasteiger partial charge < -0.3 is 11.1 Å². The van der Waals surface area contributed by atoms with E-state index in [1.165, 1.54) is 18.0 Å². The summed E-state index contributed by atoms with van der Waals surface area (Å²) in [6.07, 6.45) is 2.68. The highest BCUT2D eigenvalue weighted by molar-refractivity contribution is 7.99. The predicted octanol–water partition coefficient (Wildman–Crippen LogP) is 1.79. The van der Waals surface area contributed by atoms with Crippen molar-refractivity contribution in [2.75, 3.05) is 5.75 Å². The van der Waals surface area contributed by atoms with Crippen LogP contribution in [-0.4, -0.2) is 33.6 Å². The van der Waals surface area contributed by atoms with E-state index in [2.05, 4.69) is 15.3 Å². The third-order valence-corrected chi connectivity index (χ3v) is 4.32. The number of hydrogen-bond donors (Lipinski definition) is 2. The van der Waals surface area contributed by atoms with E-state index in [0.717, 1.165) is 4.90 Å². The molecule has 0 radical (unpaired) electrons. The van der Waals surface area contributed by atoms with Crippen LogP contribution >= 0.6 is 11.8 Å². The molecule has 120 valence electrons. The normalized spacial score (nSPS) is 11.7. The standard InChI is InChI=1S/C16H18N4O2S/c1-10-3-5-12(6-4-10)23-9-11(2)20-16(22)14-13(15(17)21)18-7-8-19-14/h3-8,11H,9H2,1-2H3,(H2,17,21)(H,20,22)/t11-/m1/s1. The number of rotatable bonds is 6. The second-order valence-electron chi connectivity index (χ2n) is 5.12. The number of primary amides is 1. The average Bonchev–Trinajstić information content (AvgIpc) is 2.54. The van der Waals surface area contributed by atoms with Gasteiger partial charge in [-0.2, -0.15) is 0 Å². The zero-order valence-electron chi connectivity index (χ0n) is 12.9. The Bertz CT molecular complexity index is 703. The zero-order chi connectivity index (χ0) is 16.8. The molecule has 0 aliphatic heterocycles. The minimum atomic E-state index is -0.773. The van der Waals surface area contributed by atoms with Crippen molar-refractivity contribution in [1.82, 2.24) is 15.3 Å². The summed E-state index contributed by atoms with van der Waals surface area (Å²) >= 11 is 1.64. The summed E-state index contributed by atoms with van der Waals surface area (Å²) in [7, 11) is 0. The lowest BCUT2D eigenvalue weighted by Gasteiger charge is -2.14. The smallest absolute Gasteiger partial charge is 0.272 e. The van der Waals surface area contributed by atoms with Gasteiger partial charge in [0.1, 0.15) is 0 Å². The van der Waals surface area contributed by atoms with E-state index < -0.39 is 11.8 Å². The van der Waals surface area contributed by atoms with Crippen molar-refractivity contribution >= 4 is 23.6 Å². The van der Waals surface area contributed by atoms with Crippen molar-refractivity contribution < 1.29 is 9.59 Å². The molecule has 7 heteroatoms. The SMILES string of the molecule is Cc1ccc(SC[C@@H](C)NC(=O)c2nccnc2C(N)=O)cc1. The van der Waals surface area contributed by atoms with Gasteiger partial charge in [-0.1, -0.05) is 17.7 Å². The Kier molecular flexibility index (Phi) is 5.70. The van der Waals surface area contributed by atoms with Gasteiger partial charge >= 0.3 is 0 Å². The number of nitrogens with zero attached hydrogens (tertiary/aromatic N) is 2. The van der Waals surface area contributed by atoms with Crippen molar-refractivity contribution in [2.45, 2.75) is 24.8 Å². The van der Waals surface area contributed by atoms with Crippen LogP contribution in [0.15, 0.2) is 41.6 Å².